The third-order valence-corrected chi connectivity index (χ3v) is 2.09. The van der Waals surface area contributed by atoms with Crippen molar-refractivity contribution in [3.05, 3.63) is 18.3 Å². The fraction of sp³-hybridized carbons (Fsp3) is 0.455. The summed E-state index contributed by atoms with van der Waals surface area (Å²) in [6.07, 6.45) is 2.78. The first kappa shape index (κ1) is 11.5. The summed E-state index contributed by atoms with van der Waals surface area (Å²) in [5.74, 6) is 0.474. The Morgan fingerprint density at radius 1 is 1.53 bits per heavy atom. The minimum Gasteiger partial charge on any atom is -0.381 e. The second kappa shape index (κ2) is 5.34. The summed E-state index contributed by atoms with van der Waals surface area (Å²) in [6, 6.07) is 4.12. The summed E-state index contributed by atoms with van der Waals surface area (Å²) in [7, 11) is 0. The van der Waals surface area contributed by atoms with E-state index in [1.165, 1.54) is 6.92 Å². The lowest BCUT2D eigenvalue weighted by Gasteiger charge is -2.12. The Morgan fingerprint density at radius 2 is 2.27 bits per heavy atom. The standard InChI is InChI=1S/C11H17N3O/c1-4-8(2)13-10-5-6-11(12-7-10)14-9(3)15/h5-8,13H,4H2,1-3H3,(H,12,14,15). The van der Waals surface area contributed by atoms with Crippen molar-refractivity contribution in [1.82, 2.24) is 4.98 Å². The third-order valence-electron chi connectivity index (χ3n) is 2.09. The smallest absolute Gasteiger partial charge is 0.222 e. The first-order chi connectivity index (χ1) is 7.11. The van der Waals surface area contributed by atoms with Crippen LogP contribution in [0, 0.1) is 0 Å². The number of nitrogens with zero attached hydrogens (tertiary/aromatic N) is 1. The molecule has 0 aromatic carbocycles. The van der Waals surface area contributed by atoms with Crippen LogP contribution in [0.3, 0.4) is 0 Å². The minimum atomic E-state index is -0.106. The Kier molecular flexibility index (Phi) is 4.09. The van der Waals surface area contributed by atoms with Crippen LogP contribution in [0.15, 0.2) is 18.3 Å². The van der Waals surface area contributed by atoms with Crippen molar-refractivity contribution < 1.29 is 4.79 Å². The van der Waals surface area contributed by atoms with Crippen LogP contribution in [0.5, 0.6) is 0 Å². The lowest BCUT2D eigenvalue weighted by Crippen LogP contribution is -2.14. The van der Waals surface area contributed by atoms with Crippen LogP contribution in [-0.2, 0) is 4.79 Å². The minimum absolute atomic E-state index is 0.106. The van der Waals surface area contributed by atoms with Crippen LogP contribution in [0.1, 0.15) is 27.2 Å². The molecule has 4 heteroatoms. The molecule has 1 unspecified atom stereocenters. The summed E-state index contributed by atoms with van der Waals surface area (Å²) in [4.78, 5) is 14.9. The first-order valence-electron chi connectivity index (χ1n) is 5.12. The van der Waals surface area contributed by atoms with Crippen LogP contribution < -0.4 is 10.6 Å². The number of carbonyl (C=O) groups is 1. The van der Waals surface area contributed by atoms with E-state index in [0.29, 0.717) is 11.9 Å². The molecule has 0 fully saturated rings. The highest BCUT2D eigenvalue weighted by Gasteiger charge is 2.00. The molecule has 0 aliphatic heterocycles. The van der Waals surface area contributed by atoms with E-state index in [0.717, 1.165) is 12.1 Å². The normalized spacial score (nSPS) is 11.9. The Hall–Kier alpha value is -1.58. The van der Waals surface area contributed by atoms with Gasteiger partial charge in [-0.15, -0.1) is 0 Å². The summed E-state index contributed by atoms with van der Waals surface area (Å²) in [6.45, 7) is 5.70. The van der Waals surface area contributed by atoms with Gasteiger partial charge in [-0.1, -0.05) is 6.92 Å². The zero-order valence-electron chi connectivity index (χ0n) is 9.37. The third kappa shape index (κ3) is 3.97. The SMILES string of the molecule is CCC(C)Nc1ccc(NC(C)=O)nc1. The number of nitrogens with one attached hydrogen (secondary N) is 2. The van der Waals surface area contributed by atoms with Crippen molar-refractivity contribution in [3.8, 4) is 0 Å². The van der Waals surface area contributed by atoms with Crippen LogP contribution in [-0.4, -0.2) is 16.9 Å². The van der Waals surface area contributed by atoms with Crippen molar-refractivity contribution >= 4 is 17.4 Å². The van der Waals surface area contributed by atoms with E-state index < -0.39 is 0 Å². The molecule has 0 saturated carbocycles. The second-order valence-electron chi connectivity index (χ2n) is 3.57. The van der Waals surface area contributed by atoms with Gasteiger partial charge < -0.3 is 10.6 Å². The highest BCUT2D eigenvalue weighted by molar-refractivity contribution is 5.87. The van der Waals surface area contributed by atoms with Gasteiger partial charge in [-0.05, 0) is 25.5 Å². The zero-order valence-corrected chi connectivity index (χ0v) is 9.37. The average Bonchev–Trinajstić information content (AvgIpc) is 2.20. The lowest BCUT2D eigenvalue weighted by molar-refractivity contribution is -0.114. The van der Waals surface area contributed by atoms with E-state index >= 15 is 0 Å². The highest BCUT2D eigenvalue weighted by Crippen LogP contribution is 2.11. The molecule has 2 N–H and O–H groups in total. The van der Waals surface area contributed by atoms with Crippen molar-refractivity contribution in [2.45, 2.75) is 33.2 Å². The number of pyridine rings is 1. The van der Waals surface area contributed by atoms with Gasteiger partial charge >= 0.3 is 0 Å². The number of anilines is 2. The number of amides is 1. The van der Waals surface area contributed by atoms with E-state index in [1.807, 2.05) is 6.07 Å². The molecule has 1 aromatic heterocycles. The molecule has 0 aliphatic rings. The Morgan fingerprint density at radius 3 is 2.73 bits per heavy atom. The Bertz CT molecular complexity index is 321. The van der Waals surface area contributed by atoms with Crippen molar-refractivity contribution in [1.29, 1.82) is 0 Å². The largest absolute Gasteiger partial charge is 0.381 e. The van der Waals surface area contributed by atoms with Crippen molar-refractivity contribution in [2.24, 2.45) is 0 Å². The average molecular weight is 207 g/mol. The molecule has 0 saturated heterocycles. The van der Waals surface area contributed by atoms with Gasteiger partial charge in [0.25, 0.3) is 0 Å². The molecule has 15 heavy (non-hydrogen) atoms. The molecular weight excluding hydrogens is 190 g/mol. The molecule has 1 heterocycles. The first-order valence-corrected chi connectivity index (χ1v) is 5.12. The molecule has 82 valence electrons. The number of hydrogen-bond acceptors (Lipinski definition) is 3. The maximum atomic E-state index is 10.8. The number of rotatable bonds is 4. The molecular formula is C11H17N3O. The molecule has 1 rings (SSSR count). The molecule has 0 bridgehead atoms. The quantitative estimate of drug-likeness (QED) is 0.796. The van der Waals surface area contributed by atoms with Gasteiger partial charge in [-0.25, -0.2) is 4.98 Å². The molecule has 0 aliphatic carbocycles. The van der Waals surface area contributed by atoms with Crippen LogP contribution in [0.2, 0.25) is 0 Å². The van der Waals surface area contributed by atoms with E-state index in [1.54, 1.807) is 12.3 Å². The Balaban J connectivity index is 2.60. The zero-order chi connectivity index (χ0) is 11.3. The van der Waals surface area contributed by atoms with Gasteiger partial charge in [0, 0.05) is 13.0 Å². The van der Waals surface area contributed by atoms with Gasteiger partial charge in [-0.3, -0.25) is 4.79 Å². The lowest BCUT2D eigenvalue weighted by atomic mass is 10.2. The highest BCUT2D eigenvalue weighted by atomic mass is 16.1. The maximum Gasteiger partial charge on any atom is 0.222 e. The fourth-order valence-electron chi connectivity index (χ4n) is 1.12. The maximum absolute atomic E-state index is 10.8. The molecule has 1 amide bonds. The van der Waals surface area contributed by atoms with Crippen LogP contribution in [0.4, 0.5) is 11.5 Å². The number of aromatic nitrogens is 1. The van der Waals surface area contributed by atoms with Crippen molar-refractivity contribution in [3.63, 3.8) is 0 Å². The van der Waals surface area contributed by atoms with Gasteiger partial charge in [0.1, 0.15) is 5.82 Å². The summed E-state index contributed by atoms with van der Waals surface area (Å²) in [5, 5.41) is 5.92. The Labute approximate surface area is 90.1 Å². The van der Waals surface area contributed by atoms with Gasteiger partial charge in [-0.2, -0.15) is 0 Å². The summed E-state index contributed by atoms with van der Waals surface area (Å²) < 4.78 is 0. The fourth-order valence-corrected chi connectivity index (χ4v) is 1.12. The van der Waals surface area contributed by atoms with E-state index in [4.69, 9.17) is 0 Å². The summed E-state index contributed by atoms with van der Waals surface area (Å²) >= 11 is 0. The topological polar surface area (TPSA) is 54.0 Å². The molecule has 4 nitrogen and oxygen atoms in total. The second-order valence-corrected chi connectivity index (χ2v) is 3.57. The predicted octanol–water partition coefficient (Wildman–Crippen LogP) is 2.25. The van der Waals surface area contributed by atoms with E-state index in [-0.39, 0.29) is 5.91 Å². The molecule has 0 radical (unpaired) electrons. The van der Waals surface area contributed by atoms with Gasteiger partial charge in [0.05, 0.1) is 11.9 Å². The van der Waals surface area contributed by atoms with E-state index in [2.05, 4.69) is 29.5 Å². The number of carbonyl (C=O) groups excluding carboxylic acids is 1. The molecule has 0 spiro atoms. The van der Waals surface area contributed by atoms with Crippen LogP contribution in [0.25, 0.3) is 0 Å². The monoisotopic (exact) mass is 207 g/mol. The van der Waals surface area contributed by atoms with Crippen LogP contribution >= 0.6 is 0 Å². The van der Waals surface area contributed by atoms with Crippen molar-refractivity contribution in [2.75, 3.05) is 10.6 Å². The van der Waals surface area contributed by atoms with Gasteiger partial charge in [0.2, 0.25) is 5.91 Å². The molecule has 1 atom stereocenters. The molecule has 1 aromatic rings. The predicted molar refractivity (Wildman–Crippen MR) is 61.9 cm³/mol. The van der Waals surface area contributed by atoms with E-state index in [9.17, 15) is 4.79 Å². The summed E-state index contributed by atoms with van der Waals surface area (Å²) in [5.41, 5.74) is 0.971. The van der Waals surface area contributed by atoms with Gasteiger partial charge in [0.15, 0.2) is 0 Å². The number of hydrogen-bond donors (Lipinski definition) is 2.